The van der Waals surface area contributed by atoms with Crippen molar-refractivity contribution in [3.05, 3.63) is 70.0 Å². The number of imidazole rings is 2. The number of carbonyl (C=O) groups is 1. The molecule has 0 aliphatic carbocycles. The van der Waals surface area contributed by atoms with E-state index in [1.807, 2.05) is 54.6 Å². The van der Waals surface area contributed by atoms with Crippen molar-refractivity contribution in [3.8, 4) is 6.07 Å². The number of esters is 1. The molecule has 0 amide bonds. The number of hydrogen-bond donors (Lipinski definition) is 2. The lowest BCUT2D eigenvalue weighted by atomic mass is 10.3. The molecule has 0 saturated heterocycles. The number of para-hydroxylation sites is 4. The number of thioether (sulfide) groups is 2. The van der Waals surface area contributed by atoms with Crippen LogP contribution >= 0.6 is 23.5 Å². The van der Waals surface area contributed by atoms with E-state index in [2.05, 4.69) is 19.9 Å². The first kappa shape index (κ1) is 21.0. The van der Waals surface area contributed by atoms with Crippen molar-refractivity contribution in [1.29, 1.82) is 5.26 Å². The van der Waals surface area contributed by atoms with Crippen molar-refractivity contribution in [2.75, 3.05) is 6.61 Å². The minimum atomic E-state index is -0.616. The lowest BCUT2D eigenvalue weighted by molar-refractivity contribution is -0.138. The topological polar surface area (TPSA) is 107 Å². The van der Waals surface area contributed by atoms with Crippen LogP contribution < -0.4 is 0 Å². The second-order valence-electron chi connectivity index (χ2n) is 6.47. The first-order valence-corrected chi connectivity index (χ1v) is 11.6. The predicted molar refractivity (Wildman–Crippen MR) is 124 cm³/mol. The number of ether oxygens (including phenoxy) is 1. The van der Waals surface area contributed by atoms with Gasteiger partial charge >= 0.3 is 5.97 Å². The van der Waals surface area contributed by atoms with Gasteiger partial charge in [-0.05, 0) is 31.2 Å². The summed E-state index contributed by atoms with van der Waals surface area (Å²) in [5.41, 5.74) is 3.66. The summed E-state index contributed by atoms with van der Waals surface area (Å²) < 4.78 is 5.67. The average Bonchev–Trinajstić information content (AvgIpc) is 3.39. The van der Waals surface area contributed by atoms with E-state index in [0.717, 1.165) is 33.7 Å². The largest absolute Gasteiger partial charge is 0.462 e. The molecule has 0 bridgehead atoms. The third-order valence-electron chi connectivity index (χ3n) is 4.35. The fraction of sp³-hybridized carbons (Fsp3) is 0.182. The summed E-state index contributed by atoms with van der Waals surface area (Å²) in [5.74, 6) is 1.90. The van der Waals surface area contributed by atoms with Crippen molar-refractivity contribution in [2.24, 2.45) is 0 Å². The molecule has 0 aliphatic heterocycles. The Morgan fingerprint density at radius 3 is 1.94 bits per heavy atom. The normalized spacial score (nSPS) is 10.8. The van der Waals surface area contributed by atoms with E-state index in [9.17, 15) is 10.1 Å². The Labute approximate surface area is 187 Å². The Morgan fingerprint density at radius 1 is 0.968 bits per heavy atom. The zero-order chi connectivity index (χ0) is 21.6. The highest BCUT2D eigenvalue weighted by molar-refractivity contribution is 8.21. The van der Waals surface area contributed by atoms with Gasteiger partial charge in [-0.3, -0.25) is 0 Å². The maximum absolute atomic E-state index is 12.3. The lowest BCUT2D eigenvalue weighted by Crippen LogP contribution is -2.08. The molecule has 156 valence electrons. The second kappa shape index (κ2) is 9.73. The van der Waals surface area contributed by atoms with Crippen LogP contribution in [0.4, 0.5) is 0 Å². The number of fused-ring (bicyclic) bond motifs is 2. The fourth-order valence-corrected chi connectivity index (χ4v) is 5.02. The maximum atomic E-state index is 12.3. The van der Waals surface area contributed by atoms with Crippen LogP contribution in [-0.2, 0) is 21.0 Å². The van der Waals surface area contributed by atoms with Gasteiger partial charge in [-0.2, -0.15) is 5.26 Å². The number of carbonyl (C=O) groups excluding carboxylic acids is 1. The molecule has 2 heterocycles. The molecular weight excluding hydrogens is 430 g/mol. The predicted octanol–water partition coefficient (Wildman–Crippen LogP) is 4.90. The third kappa shape index (κ3) is 4.93. The van der Waals surface area contributed by atoms with E-state index in [1.165, 1.54) is 23.5 Å². The summed E-state index contributed by atoms with van der Waals surface area (Å²) in [7, 11) is 0. The average molecular weight is 450 g/mol. The van der Waals surface area contributed by atoms with Crippen LogP contribution in [0.5, 0.6) is 0 Å². The number of nitrogens with zero attached hydrogens (tertiary/aromatic N) is 3. The molecule has 2 N–H and O–H groups in total. The van der Waals surface area contributed by atoms with Gasteiger partial charge in [0.05, 0.1) is 44.4 Å². The van der Waals surface area contributed by atoms with Gasteiger partial charge in [-0.15, -0.1) is 23.5 Å². The summed E-state index contributed by atoms with van der Waals surface area (Å²) in [5, 5.41) is 9.63. The zero-order valence-corrected chi connectivity index (χ0v) is 18.3. The molecule has 0 spiro atoms. The Kier molecular flexibility index (Phi) is 6.60. The molecule has 0 saturated carbocycles. The van der Waals surface area contributed by atoms with Gasteiger partial charge < -0.3 is 14.7 Å². The van der Waals surface area contributed by atoms with Crippen molar-refractivity contribution in [1.82, 2.24) is 19.9 Å². The van der Waals surface area contributed by atoms with Crippen LogP contribution in [0.2, 0.25) is 0 Å². The Bertz CT molecular complexity index is 1160. The minimum absolute atomic E-state index is 0.00377. The Morgan fingerprint density at radius 2 is 1.48 bits per heavy atom. The summed E-state index contributed by atoms with van der Waals surface area (Å²) in [6.07, 6.45) is 0. The molecule has 9 heteroatoms. The first-order valence-electron chi connectivity index (χ1n) is 9.62. The molecule has 31 heavy (non-hydrogen) atoms. The SMILES string of the molecule is CCOC(=O)C(C#N)=C(SCc1nc2ccccc2[nH]1)SCc1nc2ccccc2[nH]1. The van der Waals surface area contributed by atoms with Crippen molar-refractivity contribution in [3.63, 3.8) is 0 Å². The molecule has 0 fully saturated rings. The number of rotatable bonds is 8. The summed E-state index contributed by atoms with van der Waals surface area (Å²) in [4.78, 5) is 28.0. The maximum Gasteiger partial charge on any atom is 0.350 e. The molecule has 0 aliphatic rings. The highest BCUT2D eigenvalue weighted by Gasteiger charge is 2.19. The number of H-pyrrole nitrogens is 2. The molecule has 2 aromatic heterocycles. The number of hydrogen-bond acceptors (Lipinski definition) is 7. The van der Waals surface area contributed by atoms with Gasteiger partial charge in [0.2, 0.25) is 0 Å². The van der Waals surface area contributed by atoms with Crippen molar-refractivity contribution < 1.29 is 9.53 Å². The molecule has 0 unspecified atom stereocenters. The quantitative estimate of drug-likeness (QED) is 0.224. The number of aromatic nitrogens is 4. The van der Waals surface area contributed by atoms with Gasteiger partial charge in [0, 0.05) is 0 Å². The van der Waals surface area contributed by atoms with Gasteiger partial charge in [-0.1, -0.05) is 24.3 Å². The fourth-order valence-electron chi connectivity index (χ4n) is 2.98. The van der Waals surface area contributed by atoms with Gasteiger partial charge in [0.25, 0.3) is 0 Å². The van der Waals surface area contributed by atoms with Crippen LogP contribution in [0, 0.1) is 11.3 Å². The minimum Gasteiger partial charge on any atom is -0.462 e. The monoisotopic (exact) mass is 449 g/mol. The Hall–Kier alpha value is -3.22. The summed E-state index contributed by atoms with van der Waals surface area (Å²) in [6.45, 7) is 1.93. The number of nitriles is 1. The highest BCUT2D eigenvalue weighted by Crippen LogP contribution is 2.36. The number of nitrogens with one attached hydrogen (secondary N) is 2. The third-order valence-corrected chi connectivity index (χ3v) is 6.83. The number of aromatic amines is 2. The van der Waals surface area contributed by atoms with Crippen LogP contribution in [0.3, 0.4) is 0 Å². The van der Waals surface area contributed by atoms with E-state index < -0.39 is 5.97 Å². The molecule has 0 radical (unpaired) electrons. The number of benzene rings is 2. The van der Waals surface area contributed by atoms with E-state index in [0.29, 0.717) is 15.7 Å². The summed E-state index contributed by atoms with van der Waals surface area (Å²) >= 11 is 2.77. The van der Waals surface area contributed by atoms with E-state index in [-0.39, 0.29) is 12.2 Å². The van der Waals surface area contributed by atoms with E-state index in [4.69, 9.17) is 4.74 Å². The van der Waals surface area contributed by atoms with Crippen molar-refractivity contribution >= 4 is 51.6 Å². The Balaban J connectivity index is 1.55. The second-order valence-corrected chi connectivity index (χ2v) is 8.70. The molecule has 4 rings (SSSR count). The van der Waals surface area contributed by atoms with Gasteiger partial charge in [0.1, 0.15) is 17.7 Å². The van der Waals surface area contributed by atoms with E-state index >= 15 is 0 Å². The van der Waals surface area contributed by atoms with Crippen LogP contribution in [-0.4, -0.2) is 32.5 Å². The summed E-state index contributed by atoms with van der Waals surface area (Å²) in [6, 6.07) is 17.6. The van der Waals surface area contributed by atoms with Gasteiger partial charge in [-0.25, -0.2) is 14.8 Å². The van der Waals surface area contributed by atoms with Crippen molar-refractivity contribution in [2.45, 2.75) is 18.4 Å². The van der Waals surface area contributed by atoms with Crippen LogP contribution in [0.25, 0.3) is 22.1 Å². The van der Waals surface area contributed by atoms with Gasteiger partial charge in [0.15, 0.2) is 5.57 Å². The molecule has 2 aromatic carbocycles. The first-order chi connectivity index (χ1) is 15.2. The standard InChI is InChI=1S/C22H19N5O2S2/c1-2-29-21(28)14(11-23)22(30-12-19-24-15-7-3-4-8-16(15)25-19)31-13-20-26-17-9-5-6-10-18(17)27-20/h3-10H,2,12-13H2,1H3,(H,24,25)(H,26,27). The zero-order valence-electron chi connectivity index (χ0n) is 16.7. The molecule has 0 atom stereocenters. The van der Waals surface area contributed by atoms with Crippen LogP contribution in [0.15, 0.2) is 58.3 Å². The molecule has 7 nitrogen and oxygen atoms in total. The van der Waals surface area contributed by atoms with Crippen LogP contribution in [0.1, 0.15) is 18.6 Å². The smallest absolute Gasteiger partial charge is 0.350 e. The van der Waals surface area contributed by atoms with E-state index in [1.54, 1.807) is 6.92 Å². The highest BCUT2D eigenvalue weighted by atomic mass is 32.2. The molecule has 4 aromatic rings. The lowest BCUT2D eigenvalue weighted by Gasteiger charge is -2.08. The molecular formula is C22H19N5O2S2.